The minimum absolute atomic E-state index is 0.362. The fourth-order valence-electron chi connectivity index (χ4n) is 2.99. The second kappa shape index (κ2) is 10.4. The van der Waals surface area contributed by atoms with Crippen LogP contribution >= 0.6 is 0 Å². The standard InChI is InChI=1S/C22H26O7/c1-14(23)28-19(10-16-6-9-20(26-4)22(11-16)27-5)12-17-7-8-18(25-3)13-21(17)29-15(2)24/h6-9,11,13,19H,10,12H2,1-5H3/t19-/m1/s1. The lowest BCUT2D eigenvalue weighted by Crippen LogP contribution is -2.22. The van der Waals surface area contributed by atoms with Gasteiger partial charge >= 0.3 is 11.9 Å². The summed E-state index contributed by atoms with van der Waals surface area (Å²) in [5, 5.41) is 0. The van der Waals surface area contributed by atoms with E-state index in [-0.39, 0.29) is 0 Å². The molecular weight excluding hydrogens is 376 g/mol. The Morgan fingerprint density at radius 1 is 0.793 bits per heavy atom. The van der Waals surface area contributed by atoms with E-state index in [4.69, 9.17) is 23.7 Å². The first-order valence-corrected chi connectivity index (χ1v) is 9.09. The zero-order valence-corrected chi connectivity index (χ0v) is 17.3. The van der Waals surface area contributed by atoms with Crippen molar-refractivity contribution in [3.05, 3.63) is 47.5 Å². The van der Waals surface area contributed by atoms with Gasteiger partial charge in [-0.05, 0) is 29.3 Å². The van der Waals surface area contributed by atoms with Gasteiger partial charge in [0.15, 0.2) is 11.5 Å². The predicted molar refractivity (Wildman–Crippen MR) is 107 cm³/mol. The smallest absolute Gasteiger partial charge is 0.308 e. The van der Waals surface area contributed by atoms with E-state index < -0.39 is 18.0 Å². The van der Waals surface area contributed by atoms with Crippen LogP contribution in [-0.4, -0.2) is 39.4 Å². The fraction of sp³-hybridized carbons (Fsp3) is 0.364. The summed E-state index contributed by atoms with van der Waals surface area (Å²) in [5.41, 5.74) is 1.64. The molecule has 0 spiro atoms. The summed E-state index contributed by atoms with van der Waals surface area (Å²) in [6.45, 7) is 2.69. The lowest BCUT2D eigenvalue weighted by molar-refractivity contribution is -0.146. The van der Waals surface area contributed by atoms with Crippen molar-refractivity contribution in [2.24, 2.45) is 0 Å². The van der Waals surface area contributed by atoms with E-state index in [0.29, 0.717) is 35.8 Å². The number of methoxy groups -OCH3 is 3. The van der Waals surface area contributed by atoms with Crippen LogP contribution in [0.25, 0.3) is 0 Å². The number of carbonyl (C=O) groups excluding carboxylic acids is 2. The van der Waals surface area contributed by atoms with E-state index in [1.54, 1.807) is 38.5 Å². The van der Waals surface area contributed by atoms with Crippen LogP contribution in [0.1, 0.15) is 25.0 Å². The number of carbonyl (C=O) groups is 2. The third kappa shape index (κ3) is 6.41. The maximum Gasteiger partial charge on any atom is 0.308 e. The van der Waals surface area contributed by atoms with E-state index in [2.05, 4.69) is 0 Å². The van der Waals surface area contributed by atoms with Gasteiger partial charge in [-0.2, -0.15) is 0 Å². The van der Waals surface area contributed by atoms with Crippen LogP contribution in [0.3, 0.4) is 0 Å². The molecule has 2 aromatic carbocycles. The minimum atomic E-state index is -0.465. The topological polar surface area (TPSA) is 80.3 Å². The van der Waals surface area contributed by atoms with Crippen molar-refractivity contribution in [1.29, 1.82) is 0 Å². The number of hydrogen-bond acceptors (Lipinski definition) is 7. The molecular formula is C22H26O7. The Bertz CT molecular complexity index is 860. The highest BCUT2D eigenvalue weighted by Gasteiger charge is 2.19. The number of ether oxygens (including phenoxy) is 5. The van der Waals surface area contributed by atoms with Crippen LogP contribution in [0.4, 0.5) is 0 Å². The number of esters is 2. The predicted octanol–water partition coefficient (Wildman–Crippen LogP) is 3.35. The molecule has 0 amide bonds. The van der Waals surface area contributed by atoms with Crippen molar-refractivity contribution in [3.63, 3.8) is 0 Å². The molecule has 0 N–H and O–H groups in total. The number of hydrogen-bond donors (Lipinski definition) is 0. The molecule has 156 valence electrons. The molecule has 7 nitrogen and oxygen atoms in total. The van der Waals surface area contributed by atoms with Gasteiger partial charge in [0.25, 0.3) is 0 Å². The lowest BCUT2D eigenvalue weighted by atomic mass is 10.00. The van der Waals surface area contributed by atoms with Crippen LogP contribution in [0.15, 0.2) is 36.4 Å². The summed E-state index contributed by atoms with van der Waals surface area (Å²) in [6.07, 6.45) is 0.347. The largest absolute Gasteiger partial charge is 0.497 e. The van der Waals surface area contributed by atoms with Gasteiger partial charge < -0.3 is 23.7 Å². The van der Waals surface area contributed by atoms with Gasteiger partial charge in [0.1, 0.15) is 17.6 Å². The average Bonchev–Trinajstić information content (AvgIpc) is 2.68. The Balaban J connectivity index is 2.29. The molecule has 0 saturated heterocycles. The van der Waals surface area contributed by atoms with Crippen LogP contribution < -0.4 is 18.9 Å². The maximum atomic E-state index is 11.6. The molecule has 1 atom stereocenters. The molecule has 29 heavy (non-hydrogen) atoms. The van der Waals surface area contributed by atoms with Crippen molar-refractivity contribution < 1.29 is 33.3 Å². The maximum absolute atomic E-state index is 11.6. The van der Waals surface area contributed by atoms with Crippen LogP contribution in [-0.2, 0) is 27.2 Å². The highest BCUT2D eigenvalue weighted by atomic mass is 16.5. The Hall–Kier alpha value is -3.22. The van der Waals surface area contributed by atoms with E-state index in [1.165, 1.54) is 21.0 Å². The van der Waals surface area contributed by atoms with Crippen LogP contribution in [0.5, 0.6) is 23.0 Å². The van der Waals surface area contributed by atoms with E-state index in [1.807, 2.05) is 12.1 Å². The molecule has 0 aliphatic heterocycles. The fourth-order valence-corrected chi connectivity index (χ4v) is 2.99. The molecule has 0 fully saturated rings. The lowest BCUT2D eigenvalue weighted by Gasteiger charge is -2.20. The summed E-state index contributed by atoms with van der Waals surface area (Å²) in [5.74, 6) is 1.32. The molecule has 0 aliphatic rings. The molecule has 0 aliphatic carbocycles. The molecule has 0 heterocycles. The van der Waals surface area contributed by atoms with Crippen molar-refractivity contribution in [2.45, 2.75) is 32.8 Å². The molecule has 0 bridgehead atoms. The SMILES string of the molecule is COc1ccc(C[C@@H](Cc2ccc(OC)c(OC)c2)OC(C)=O)c(OC(C)=O)c1. The second-order valence-electron chi connectivity index (χ2n) is 6.40. The third-order valence-electron chi connectivity index (χ3n) is 4.22. The molecule has 0 saturated carbocycles. The first-order chi connectivity index (χ1) is 13.9. The minimum Gasteiger partial charge on any atom is -0.497 e. The third-order valence-corrected chi connectivity index (χ3v) is 4.22. The number of benzene rings is 2. The first kappa shape index (κ1) is 22.1. The quantitative estimate of drug-likeness (QED) is 0.470. The van der Waals surface area contributed by atoms with Gasteiger partial charge in [-0.15, -0.1) is 0 Å². The van der Waals surface area contributed by atoms with Gasteiger partial charge in [0.05, 0.1) is 21.3 Å². The van der Waals surface area contributed by atoms with Gasteiger partial charge in [-0.1, -0.05) is 12.1 Å². The monoisotopic (exact) mass is 402 g/mol. The van der Waals surface area contributed by atoms with E-state index in [9.17, 15) is 9.59 Å². The second-order valence-corrected chi connectivity index (χ2v) is 6.40. The first-order valence-electron chi connectivity index (χ1n) is 9.09. The average molecular weight is 402 g/mol. The van der Waals surface area contributed by atoms with Gasteiger partial charge in [-0.25, -0.2) is 0 Å². The zero-order chi connectivity index (χ0) is 21.4. The molecule has 2 aromatic rings. The Morgan fingerprint density at radius 2 is 1.52 bits per heavy atom. The highest BCUT2D eigenvalue weighted by molar-refractivity contribution is 5.70. The van der Waals surface area contributed by atoms with Crippen molar-refractivity contribution >= 4 is 11.9 Å². The normalized spacial score (nSPS) is 11.3. The molecule has 0 radical (unpaired) electrons. The summed E-state index contributed by atoms with van der Waals surface area (Å²) < 4.78 is 26.6. The summed E-state index contributed by atoms with van der Waals surface area (Å²) in [6, 6.07) is 10.7. The van der Waals surface area contributed by atoms with Gasteiger partial charge in [0.2, 0.25) is 0 Å². The van der Waals surface area contributed by atoms with Crippen molar-refractivity contribution in [3.8, 4) is 23.0 Å². The Kier molecular flexibility index (Phi) is 7.88. The summed E-state index contributed by atoms with van der Waals surface area (Å²) in [7, 11) is 4.67. The number of rotatable bonds is 9. The Morgan fingerprint density at radius 3 is 2.10 bits per heavy atom. The highest BCUT2D eigenvalue weighted by Crippen LogP contribution is 2.30. The summed E-state index contributed by atoms with van der Waals surface area (Å²) in [4.78, 5) is 23.1. The van der Waals surface area contributed by atoms with E-state index >= 15 is 0 Å². The van der Waals surface area contributed by atoms with Crippen LogP contribution in [0.2, 0.25) is 0 Å². The van der Waals surface area contributed by atoms with Gasteiger partial charge in [0, 0.05) is 32.8 Å². The van der Waals surface area contributed by atoms with Crippen molar-refractivity contribution in [2.75, 3.05) is 21.3 Å². The summed E-state index contributed by atoms with van der Waals surface area (Å²) >= 11 is 0. The molecule has 0 unspecified atom stereocenters. The Labute approximate surface area is 170 Å². The molecule has 2 rings (SSSR count). The van der Waals surface area contributed by atoms with Crippen molar-refractivity contribution in [1.82, 2.24) is 0 Å². The molecule has 0 aromatic heterocycles. The van der Waals surface area contributed by atoms with Crippen LogP contribution in [0, 0.1) is 0 Å². The van der Waals surface area contributed by atoms with E-state index in [0.717, 1.165) is 11.1 Å². The zero-order valence-electron chi connectivity index (χ0n) is 17.3. The van der Waals surface area contributed by atoms with Gasteiger partial charge in [-0.3, -0.25) is 9.59 Å². The molecule has 7 heteroatoms.